The number of benzene rings is 2. The molecule has 1 aliphatic carbocycles. The van der Waals surface area contributed by atoms with E-state index >= 15 is 0 Å². The number of nitrogens with zero attached hydrogens (tertiary/aromatic N) is 2. The van der Waals surface area contributed by atoms with Crippen LogP contribution in [0.3, 0.4) is 0 Å². The first-order chi connectivity index (χ1) is 16.8. The molecule has 35 heavy (non-hydrogen) atoms. The van der Waals surface area contributed by atoms with Crippen molar-refractivity contribution in [3.8, 4) is 5.75 Å². The summed E-state index contributed by atoms with van der Waals surface area (Å²) in [7, 11) is 1.46. The lowest BCUT2D eigenvalue weighted by Gasteiger charge is -2.43. The Kier molecular flexibility index (Phi) is 6.60. The molecule has 7 heteroatoms. The first-order valence-electron chi connectivity index (χ1n) is 12.3. The first kappa shape index (κ1) is 23.9. The van der Waals surface area contributed by atoms with Gasteiger partial charge in [0.05, 0.1) is 18.5 Å². The van der Waals surface area contributed by atoms with Crippen LogP contribution in [-0.4, -0.2) is 47.3 Å². The molecule has 0 bridgehead atoms. The van der Waals surface area contributed by atoms with E-state index < -0.39 is 0 Å². The van der Waals surface area contributed by atoms with Crippen LogP contribution in [0.15, 0.2) is 42.0 Å². The predicted octanol–water partition coefficient (Wildman–Crippen LogP) is 5.82. The van der Waals surface area contributed by atoms with Crippen molar-refractivity contribution in [2.45, 2.75) is 45.8 Å². The fourth-order valence-electron chi connectivity index (χ4n) is 5.18. The molecular formula is C28H32ClN3O3. The molecule has 2 aromatic carbocycles. The van der Waals surface area contributed by atoms with Crippen LogP contribution in [0.25, 0.3) is 17.0 Å². The van der Waals surface area contributed by atoms with Gasteiger partial charge in [0.1, 0.15) is 17.0 Å². The first-order valence-corrected chi connectivity index (χ1v) is 12.7. The van der Waals surface area contributed by atoms with Crippen LogP contribution in [0.2, 0.25) is 5.15 Å². The zero-order chi connectivity index (χ0) is 24.7. The third kappa shape index (κ3) is 4.69. The van der Waals surface area contributed by atoms with Gasteiger partial charge in [0, 0.05) is 24.5 Å². The highest BCUT2D eigenvalue weighted by atomic mass is 35.5. The number of nitrogens with one attached hydrogen (secondary N) is 1. The zero-order valence-electron chi connectivity index (χ0n) is 20.7. The summed E-state index contributed by atoms with van der Waals surface area (Å²) in [6, 6.07) is 12.9. The summed E-state index contributed by atoms with van der Waals surface area (Å²) in [6.07, 6.45) is 4.22. The van der Waals surface area contributed by atoms with Crippen LogP contribution in [0.1, 0.15) is 50.0 Å². The van der Waals surface area contributed by atoms with Crippen molar-refractivity contribution in [2.75, 3.05) is 20.2 Å². The maximum absolute atomic E-state index is 11.7. The second kappa shape index (κ2) is 9.67. The summed E-state index contributed by atoms with van der Waals surface area (Å²) in [5.41, 5.74) is 5.92. The Balaban J connectivity index is 1.31. The van der Waals surface area contributed by atoms with Gasteiger partial charge in [0.25, 0.3) is 0 Å². The third-order valence-electron chi connectivity index (χ3n) is 7.40. The maximum Gasteiger partial charge on any atom is 0.311 e. The lowest BCUT2D eigenvalue weighted by Crippen LogP contribution is -2.54. The quantitative estimate of drug-likeness (QED) is 0.420. The van der Waals surface area contributed by atoms with Crippen molar-refractivity contribution in [3.05, 3.63) is 63.8 Å². The molecule has 1 N–H and O–H groups in total. The number of halogens is 1. The zero-order valence-corrected chi connectivity index (χ0v) is 21.4. The van der Waals surface area contributed by atoms with E-state index in [0.717, 1.165) is 48.1 Å². The molecular weight excluding hydrogens is 462 g/mol. The number of aryl methyl sites for hydroxylation is 1. The van der Waals surface area contributed by atoms with Crippen LogP contribution < -0.4 is 4.74 Å². The summed E-state index contributed by atoms with van der Waals surface area (Å²) >= 11 is 6.27. The standard InChI is InChI=1S/C28H32ClN3O3/c1-16(2)26(21-8-10-25-24(13-21)27(29)31-30-25)35-23-9-7-19-11-18(5-6-20(19)12-23)17(3)32-14-22(15-32)28(33)34-4/h7-13,16-17,22,26H,5-6,14-15H2,1-4H3,(H,30,31). The van der Waals surface area contributed by atoms with Gasteiger partial charge < -0.3 is 9.47 Å². The highest BCUT2D eigenvalue weighted by Gasteiger charge is 2.37. The number of fused-ring (bicyclic) bond motifs is 2. The molecule has 3 aromatic rings. The van der Waals surface area contributed by atoms with Gasteiger partial charge in [-0.25, -0.2) is 0 Å². The van der Waals surface area contributed by atoms with E-state index in [2.05, 4.69) is 72.3 Å². The van der Waals surface area contributed by atoms with Gasteiger partial charge in [0.15, 0.2) is 0 Å². The predicted molar refractivity (Wildman–Crippen MR) is 139 cm³/mol. The van der Waals surface area contributed by atoms with Crippen molar-refractivity contribution in [3.63, 3.8) is 0 Å². The van der Waals surface area contributed by atoms with Gasteiger partial charge in [-0.3, -0.25) is 14.8 Å². The van der Waals surface area contributed by atoms with Crippen LogP contribution in [0.4, 0.5) is 0 Å². The number of hydrogen-bond acceptors (Lipinski definition) is 5. The Morgan fingerprint density at radius 1 is 1.14 bits per heavy atom. The Morgan fingerprint density at radius 3 is 2.69 bits per heavy atom. The number of carbonyl (C=O) groups is 1. The molecule has 0 saturated carbocycles. The molecule has 2 heterocycles. The van der Waals surface area contributed by atoms with Gasteiger partial charge in [-0.2, -0.15) is 5.10 Å². The lowest BCUT2D eigenvalue weighted by atomic mass is 9.86. The molecule has 2 atom stereocenters. The summed E-state index contributed by atoms with van der Waals surface area (Å²) in [5, 5.41) is 8.52. The largest absolute Gasteiger partial charge is 0.485 e. The van der Waals surface area contributed by atoms with E-state index in [0.29, 0.717) is 11.2 Å². The molecule has 1 fully saturated rings. The average molecular weight is 494 g/mol. The number of aromatic amines is 1. The van der Waals surface area contributed by atoms with Crippen molar-refractivity contribution < 1.29 is 14.3 Å². The number of carbonyl (C=O) groups excluding carboxylic acids is 1. The Labute approximate surface area is 211 Å². The van der Waals surface area contributed by atoms with Crippen LogP contribution in [-0.2, 0) is 16.0 Å². The molecule has 5 rings (SSSR count). The van der Waals surface area contributed by atoms with Crippen molar-refractivity contribution in [1.29, 1.82) is 0 Å². The second-order valence-corrected chi connectivity index (χ2v) is 10.4. The Morgan fingerprint density at radius 2 is 1.94 bits per heavy atom. The summed E-state index contributed by atoms with van der Waals surface area (Å²) in [5.74, 6) is 1.08. The number of aromatic nitrogens is 2. The number of ether oxygens (including phenoxy) is 2. The molecule has 0 spiro atoms. The van der Waals surface area contributed by atoms with E-state index in [-0.39, 0.29) is 23.9 Å². The SMILES string of the molecule is COC(=O)C1CN(C(C)C2=Cc3ccc(OC(c4ccc5n[nH]c(Cl)c5c4)C(C)C)cc3CC2)C1. The van der Waals surface area contributed by atoms with Gasteiger partial charge in [-0.1, -0.05) is 49.2 Å². The normalized spacial score (nSPS) is 18.1. The van der Waals surface area contributed by atoms with Crippen LogP contribution in [0.5, 0.6) is 5.75 Å². The van der Waals surface area contributed by atoms with Gasteiger partial charge >= 0.3 is 5.97 Å². The fraction of sp³-hybridized carbons (Fsp3) is 0.429. The third-order valence-corrected chi connectivity index (χ3v) is 7.68. The number of rotatable bonds is 7. The van der Waals surface area contributed by atoms with Gasteiger partial charge in [-0.15, -0.1) is 0 Å². The van der Waals surface area contributed by atoms with E-state index in [1.54, 1.807) is 0 Å². The monoisotopic (exact) mass is 493 g/mol. The average Bonchev–Trinajstić information content (AvgIpc) is 3.20. The Bertz CT molecular complexity index is 1280. The minimum atomic E-state index is -0.101. The summed E-state index contributed by atoms with van der Waals surface area (Å²) in [4.78, 5) is 14.1. The number of likely N-dealkylation sites (tertiary alicyclic amines) is 1. The van der Waals surface area contributed by atoms with Gasteiger partial charge in [-0.05, 0) is 66.6 Å². The molecule has 1 aromatic heterocycles. The molecule has 1 aliphatic heterocycles. The summed E-state index contributed by atoms with van der Waals surface area (Å²) < 4.78 is 11.4. The fourth-order valence-corrected chi connectivity index (χ4v) is 5.38. The van der Waals surface area contributed by atoms with Crippen molar-refractivity contribution >= 4 is 34.5 Å². The van der Waals surface area contributed by atoms with E-state index in [9.17, 15) is 4.79 Å². The smallest absolute Gasteiger partial charge is 0.311 e. The highest BCUT2D eigenvalue weighted by molar-refractivity contribution is 6.34. The molecule has 184 valence electrons. The number of esters is 1. The molecule has 0 radical (unpaired) electrons. The minimum Gasteiger partial charge on any atom is -0.485 e. The number of H-pyrrole nitrogens is 1. The maximum atomic E-state index is 11.7. The van der Waals surface area contributed by atoms with E-state index in [4.69, 9.17) is 21.1 Å². The number of methoxy groups -OCH3 is 1. The molecule has 6 nitrogen and oxygen atoms in total. The lowest BCUT2D eigenvalue weighted by molar-refractivity contribution is -0.151. The van der Waals surface area contributed by atoms with Crippen molar-refractivity contribution in [2.24, 2.45) is 11.8 Å². The number of hydrogen-bond donors (Lipinski definition) is 1. The van der Waals surface area contributed by atoms with Crippen LogP contribution >= 0.6 is 11.6 Å². The molecule has 1 saturated heterocycles. The molecule has 0 amide bonds. The van der Waals surface area contributed by atoms with E-state index in [1.165, 1.54) is 23.8 Å². The van der Waals surface area contributed by atoms with Crippen LogP contribution in [0, 0.1) is 11.8 Å². The van der Waals surface area contributed by atoms with E-state index in [1.807, 2.05) is 6.07 Å². The molecule has 2 unspecified atom stereocenters. The van der Waals surface area contributed by atoms with Crippen molar-refractivity contribution in [1.82, 2.24) is 15.1 Å². The topological polar surface area (TPSA) is 67.4 Å². The second-order valence-electron chi connectivity index (χ2n) is 10.0. The summed E-state index contributed by atoms with van der Waals surface area (Å²) in [6.45, 7) is 8.12. The van der Waals surface area contributed by atoms with Gasteiger partial charge in [0.2, 0.25) is 0 Å². The highest BCUT2D eigenvalue weighted by Crippen LogP contribution is 2.35. The Hall–Kier alpha value is -2.83. The minimum absolute atomic E-state index is 0.0118. The molecule has 2 aliphatic rings.